The Morgan fingerprint density at radius 2 is 1.92 bits per heavy atom. The largest absolute Gasteiger partial charge is 0.341 e. The van der Waals surface area contributed by atoms with Crippen molar-refractivity contribution in [1.29, 1.82) is 0 Å². The lowest BCUT2D eigenvalue weighted by atomic mass is 9.90. The van der Waals surface area contributed by atoms with Crippen molar-refractivity contribution in [1.82, 2.24) is 9.80 Å². The predicted octanol–water partition coefficient (Wildman–Crippen LogP) is 2.11. The average molecular weight is 331 g/mol. The summed E-state index contributed by atoms with van der Waals surface area (Å²) in [5, 5.41) is 0. The second-order valence-corrected chi connectivity index (χ2v) is 7.54. The molecule has 24 heavy (non-hydrogen) atoms. The molecule has 1 aromatic rings. The third-order valence-electron chi connectivity index (χ3n) is 4.83. The van der Waals surface area contributed by atoms with E-state index >= 15 is 0 Å². The lowest BCUT2D eigenvalue weighted by molar-refractivity contribution is -0.133. The van der Waals surface area contributed by atoms with Crippen LogP contribution in [0.15, 0.2) is 24.3 Å². The Morgan fingerprint density at radius 3 is 2.42 bits per heavy atom. The van der Waals surface area contributed by atoms with Gasteiger partial charge in [-0.05, 0) is 36.1 Å². The molecule has 2 N–H and O–H groups in total. The fourth-order valence-corrected chi connectivity index (χ4v) is 3.09. The molecular formula is C19H29N3O2. The van der Waals surface area contributed by atoms with Crippen molar-refractivity contribution < 1.29 is 9.59 Å². The van der Waals surface area contributed by atoms with Gasteiger partial charge in [-0.1, -0.05) is 32.9 Å². The van der Waals surface area contributed by atoms with E-state index in [0.29, 0.717) is 18.7 Å². The Morgan fingerprint density at radius 1 is 1.29 bits per heavy atom. The third-order valence-corrected chi connectivity index (χ3v) is 4.83. The number of nitrogens with two attached hydrogens (primary N) is 1. The number of nitrogens with zero attached hydrogens (tertiary/aromatic N) is 2. The fraction of sp³-hybridized carbons (Fsp3) is 0.579. The van der Waals surface area contributed by atoms with Crippen molar-refractivity contribution in [2.24, 2.45) is 17.1 Å². The molecule has 1 heterocycles. The molecule has 1 fully saturated rings. The van der Waals surface area contributed by atoms with Gasteiger partial charge in [-0.3, -0.25) is 9.59 Å². The van der Waals surface area contributed by atoms with E-state index in [9.17, 15) is 9.59 Å². The number of hydrogen-bond acceptors (Lipinski definition) is 3. The topological polar surface area (TPSA) is 66.6 Å². The fourth-order valence-electron chi connectivity index (χ4n) is 3.09. The standard InChI is InChI=1S/C19H29N3O2/c1-14(2)17(23)21(4)11-15-5-7-16(8-6-15)18(24)22-10-9-19(3,12-20)13-22/h5-8,14H,9-13,20H2,1-4H3. The molecule has 1 atom stereocenters. The minimum absolute atomic E-state index is 0.0112. The minimum atomic E-state index is -0.0112. The lowest BCUT2D eigenvalue weighted by Crippen LogP contribution is -2.34. The summed E-state index contributed by atoms with van der Waals surface area (Å²) in [4.78, 5) is 28.1. The monoisotopic (exact) mass is 331 g/mol. The molecular weight excluding hydrogens is 302 g/mol. The average Bonchev–Trinajstić information content (AvgIpc) is 2.97. The van der Waals surface area contributed by atoms with Gasteiger partial charge in [0.15, 0.2) is 0 Å². The van der Waals surface area contributed by atoms with Crippen molar-refractivity contribution in [2.75, 3.05) is 26.7 Å². The molecule has 2 rings (SSSR count). The van der Waals surface area contributed by atoms with E-state index in [2.05, 4.69) is 6.92 Å². The molecule has 0 aromatic heterocycles. The number of rotatable bonds is 5. The molecule has 5 heteroatoms. The van der Waals surface area contributed by atoms with Gasteiger partial charge in [-0.15, -0.1) is 0 Å². The van der Waals surface area contributed by atoms with E-state index in [-0.39, 0.29) is 23.1 Å². The number of carbonyl (C=O) groups excluding carboxylic acids is 2. The maximum absolute atomic E-state index is 12.6. The zero-order valence-corrected chi connectivity index (χ0v) is 15.2. The van der Waals surface area contributed by atoms with Crippen LogP contribution in [0.2, 0.25) is 0 Å². The van der Waals surface area contributed by atoms with Crippen LogP contribution >= 0.6 is 0 Å². The highest BCUT2D eigenvalue weighted by Gasteiger charge is 2.35. The third kappa shape index (κ3) is 4.15. The van der Waals surface area contributed by atoms with Gasteiger partial charge >= 0.3 is 0 Å². The molecule has 1 aromatic carbocycles. The first-order valence-corrected chi connectivity index (χ1v) is 8.59. The Labute approximate surface area is 144 Å². The van der Waals surface area contributed by atoms with Crippen molar-refractivity contribution in [3.8, 4) is 0 Å². The number of amides is 2. The zero-order valence-electron chi connectivity index (χ0n) is 15.2. The Kier molecular flexibility index (Phi) is 5.65. The van der Waals surface area contributed by atoms with Gasteiger partial charge < -0.3 is 15.5 Å². The summed E-state index contributed by atoms with van der Waals surface area (Å²) in [7, 11) is 1.80. The number of hydrogen-bond donors (Lipinski definition) is 1. The molecule has 0 saturated carbocycles. The number of likely N-dealkylation sites (tertiary alicyclic amines) is 1. The van der Waals surface area contributed by atoms with Crippen LogP contribution < -0.4 is 5.73 Å². The number of benzene rings is 1. The molecule has 1 saturated heterocycles. The maximum atomic E-state index is 12.6. The molecule has 5 nitrogen and oxygen atoms in total. The summed E-state index contributed by atoms with van der Waals surface area (Å²) in [6.07, 6.45) is 0.954. The van der Waals surface area contributed by atoms with Crippen LogP contribution in [0.3, 0.4) is 0 Å². The SMILES string of the molecule is CC(C)C(=O)N(C)Cc1ccc(C(=O)N2CCC(C)(CN)C2)cc1. The number of carbonyl (C=O) groups is 2. The lowest BCUT2D eigenvalue weighted by Gasteiger charge is -2.23. The summed E-state index contributed by atoms with van der Waals surface area (Å²) in [5.74, 6) is 0.168. The van der Waals surface area contributed by atoms with Crippen molar-refractivity contribution >= 4 is 11.8 Å². The van der Waals surface area contributed by atoms with Gasteiger partial charge in [0.1, 0.15) is 0 Å². The summed E-state index contributed by atoms with van der Waals surface area (Å²) >= 11 is 0. The predicted molar refractivity (Wildman–Crippen MR) is 95.4 cm³/mol. The van der Waals surface area contributed by atoms with Gasteiger partial charge in [0, 0.05) is 38.2 Å². The second-order valence-electron chi connectivity index (χ2n) is 7.54. The van der Waals surface area contributed by atoms with Gasteiger partial charge in [-0.25, -0.2) is 0 Å². The molecule has 2 amide bonds. The van der Waals surface area contributed by atoms with E-state index in [1.165, 1.54) is 0 Å². The van der Waals surface area contributed by atoms with E-state index in [1.54, 1.807) is 11.9 Å². The summed E-state index contributed by atoms with van der Waals surface area (Å²) in [6, 6.07) is 7.55. The highest BCUT2D eigenvalue weighted by Crippen LogP contribution is 2.29. The van der Waals surface area contributed by atoms with Crippen molar-refractivity contribution in [3.05, 3.63) is 35.4 Å². The molecule has 1 unspecified atom stereocenters. The Bertz CT molecular complexity index is 597. The Hall–Kier alpha value is -1.88. The summed E-state index contributed by atoms with van der Waals surface area (Å²) in [5.41, 5.74) is 7.56. The van der Waals surface area contributed by atoms with E-state index in [4.69, 9.17) is 5.73 Å². The van der Waals surface area contributed by atoms with Crippen molar-refractivity contribution in [2.45, 2.75) is 33.7 Å². The maximum Gasteiger partial charge on any atom is 0.253 e. The first-order valence-electron chi connectivity index (χ1n) is 8.59. The van der Waals surface area contributed by atoms with Gasteiger partial charge in [0.2, 0.25) is 5.91 Å². The molecule has 1 aliphatic heterocycles. The van der Waals surface area contributed by atoms with Crippen LogP contribution in [0.1, 0.15) is 43.1 Å². The molecule has 0 spiro atoms. The summed E-state index contributed by atoms with van der Waals surface area (Å²) in [6.45, 7) is 8.56. The molecule has 1 aliphatic rings. The Balaban J connectivity index is 1.99. The minimum Gasteiger partial charge on any atom is -0.341 e. The van der Waals surface area contributed by atoms with Crippen LogP contribution in [0, 0.1) is 11.3 Å². The summed E-state index contributed by atoms with van der Waals surface area (Å²) < 4.78 is 0. The van der Waals surface area contributed by atoms with E-state index in [0.717, 1.165) is 25.1 Å². The van der Waals surface area contributed by atoms with Gasteiger partial charge in [0.25, 0.3) is 5.91 Å². The smallest absolute Gasteiger partial charge is 0.253 e. The normalized spacial score (nSPS) is 20.5. The first kappa shape index (κ1) is 18.5. The van der Waals surface area contributed by atoms with E-state index < -0.39 is 0 Å². The van der Waals surface area contributed by atoms with Crippen LogP contribution in [-0.4, -0.2) is 48.3 Å². The molecule has 0 bridgehead atoms. The molecule has 132 valence electrons. The van der Waals surface area contributed by atoms with E-state index in [1.807, 2.05) is 43.0 Å². The quantitative estimate of drug-likeness (QED) is 0.898. The molecule has 0 aliphatic carbocycles. The van der Waals surface area contributed by atoms with Crippen molar-refractivity contribution in [3.63, 3.8) is 0 Å². The zero-order chi connectivity index (χ0) is 17.9. The first-order chi connectivity index (χ1) is 11.3. The van der Waals surface area contributed by atoms with Crippen LogP contribution in [0.25, 0.3) is 0 Å². The second kappa shape index (κ2) is 7.34. The van der Waals surface area contributed by atoms with Gasteiger partial charge in [0.05, 0.1) is 0 Å². The van der Waals surface area contributed by atoms with Crippen LogP contribution in [-0.2, 0) is 11.3 Å². The highest BCUT2D eigenvalue weighted by atomic mass is 16.2. The highest BCUT2D eigenvalue weighted by molar-refractivity contribution is 5.94. The molecule has 0 radical (unpaired) electrons. The van der Waals surface area contributed by atoms with Crippen LogP contribution in [0.4, 0.5) is 0 Å². The van der Waals surface area contributed by atoms with Crippen LogP contribution in [0.5, 0.6) is 0 Å². The van der Waals surface area contributed by atoms with Gasteiger partial charge in [-0.2, -0.15) is 0 Å².